The molecule has 1 heterocycles. The molecular formula is C13H22N2O2. The van der Waals surface area contributed by atoms with Gasteiger partial charge in [0.05, 0.1) is 18.8 Å². The van der Waals surface area contributed by atoms with E-state index in [1.165, 1.54) is 0 Å². The van der Waals surface area contributed by atoms with Crippen molar-refractivity contribution in [2.45, 2.75) is 52.7 Å². The number of hydrogen-bond donors (Lipinski definition) is 2. The lowest BCUT2D eigenvalue weighted by Crippen LogP contribution is -2.49. The summed E-state index contributed by atoms with van der Waals surface area (Å²) in [5.41, 5.74) is 0.897. The number of carbonyl (C=O) groups is 1. The van der Waals surface area contributed by atoms with Crippen LogP contribution in [0.15, 0.2) is 16.7 Å². The molecule has 17 heavy (non-hydrogen) atoms. The van der Waals surface area contributed by atoms with Crippen LogP contribution < -0.4 is 10.6 Å². The van der Waals surface area contributed by atoms with Gasteiger partial charge in [0.15, 0.2) is 0 Å². The predicted octanol–water partition coefficient (Wildman–Crippen LogP) is 1.98. The number of nitrogens with one attached hydrogen (secondary N) is 2. The second-order valence-corrected chi connectivity index (χ2v) is 5.37. The van der Waals surface area contributed by atoms with E-state index in [-0.39, 0.29) is 17.5 Å². The van der Waals surface area contributed by atoms with Crippen LogP contribution in [0, 0.1) is 6.92 Å². The van der Waals surface area contributed by atoms with Gasteiger partial charge in [-0.25, -0.2) is 0 Å². The van der Waals surface area contributed by atoms with Crippen LogP contribution in [0.25, 0.3) is 0 Å². The zero-order valence-electron chi connectivity index (χ0n) is 11.3. The summed E-state index contributed by atoms with van der Waals surface area (Å²) in [6.45, 7) is 10.3. The summed E-state index contributed by atoms with van der Waals surface area (Å²) in [7, 11) is 0. The van der Waals surface area contributed by atoms with Crippen LogP contribution in [-0.4, -0.2) is 17.5 Å². The maximum absolute atomic E-state index is 11.8. The first kappa shape index (κ1) is 13.8. The minimum absolute atomic E-state index is 0.00158. The van der Waals surface area contributed by atoms with Crippen molar-refractivity contribution >= 4 is 5.91 Å². The fourth-order valence-corrected chi connectivity index (χ4v) is 1.40. The molecule has 96 valence electrons. The Morgan fingerprint density at radius 2 is 2.12 bits per heavy atom. The van der Waals surface area contributed by atoms with Gasteiger partial charge in [-0.1, -0.05) is 0 Å². The highest BCUT2D eigenvalue weighted by Gasteiger charge is 2.19. The molecule has 0 aromatic carbocycles. The first-order valence-electron chi connectivity index (χ1n) is 5.88. The molecule has 1 rings (SSSR count). The van der Waals surface area contributed by atoms with Gasteiger partial charge in [0, 0.05) is 5.54 Å². The maximum atomic E-state index is 11.8. The summed E-state index contributed by atoms with van der Waals surface area (Å²) in [6.07, 6.45) is 1.66. The molecule has 1 atom stereocenters. The molecule has 0 aliphatic heterocycles. The van der Waals surface area contributed by atoms with Crippen molar-refractivity contribution < 1.29 is 9.21 Å². The zero-order valence-corrected chi connectivity index (χ0v) is 11.3. The number of aryl methyl sites for hydroxylation is 1. The molecule has 1 amide bonds. The number of carbonyl (C=O) groups excluding carboxylic acids is 1. The largest absolute Gasteiger partial charge is 0.468 e. The van der Waals surface area contributed by atoms with E-state index in [9.17, 15) is 4.79 Å². The summed E-state index contributed by atoms with van der Waals surface area (Å²) < 4.78 is 5.30. The molecule has 4 nitrogen and oxygen atoms in total. The van der Waals surface area contributed by atoms with Crippen LogP contribution in [0.5, 0.6) is 0 Å². The number of rotatable bonds is 4. The minimum atomic E-state index is -0.237. The van der Waals surface area contributed by atoms with Gasteiger partial charge in [-0.2, -0.15) is 0 Å². The van der Waals surface area contributed by atoms with Crippen molar-refractivity contribution in [2.75, 3.05) is 0 Å². The van der Waals surface area contributed by atoms with Crippen molar-refractivity contribution in [3.8, 4) is 0 Å². The van der Waals surface area contributed by atoms with E-state index in [1.807, 2.05) is 40.7 Å². The Bertz CT molecular complexity index is 377. The van der Waals surface area contributed by atoms with Crippen LogP contribution in [0.1, 0.15) is 39.0 Å². The Morgan fingerprint density at radius 1 is 1.47 bits per heavy atom. The second-order valence-electron chi connectivity index (χ2n) is 5.37. The zero-order chi connectivity index (χ0) is 13.1. The average Bonchev–Trinajstić information content (AvgIpc) is 2.57. The first-order valence-corrected chi connectivity index (χ1v) is 5.88. The van der Waals surface area contributed by atoms with E-state index in [0.29, 0.717) is 6.54 Å². The van der Waals surface area contributed by atoms with Crippen molar-refractivity contribution in [1.29, 1.82) is 0 Å². The third-order valence-corrected chi connectivity index (χ3v) is 2.43. The summed E-state index contributed by atoms with van der Waals surface area (Å²) in [5, 5.41) is 6.07. The molecular weight excluding hydrogens is 216 g/mol. The monoisotopic (exact) mass is 238 g/mol. The molecule has 0 aliphatic carbocycles. The Balaban J connectivity index is 2.42. The Morgan fingerprint density at radius 3 is 2.59 bits per heavy atom. The van der Waals surface area contributed by atoms with Crippen LogP contribution in [0.4, 0.5) is 0 Å². The lowest BCUT2D eigenvalue weighted by Gasteiger charge is -2.23. The van der Waals surface area contributed by atoms with Gasteiger partial charge in [-0.15, -0.1) is 0 Å². The van der Waals surface area contributed by atoms with Gasteiger partial charge in [0.25, 0.3) is 0 Å². The lowest BCUT2D eigenvalue weighted by molar-refractivity contribution is -0.124. The highest BCUT2D eigenvalue weighted by Crippen LogP contribution is 2.08. The van der Waals surface area contributed by atoms with E-state index >= 15 is 0 Å². The molecule has 1 aromatic heterocycles. The standard InChI is InChI=1S/C13H22N2O2/c1-9-6-7-17-11(9)8-14-10(2)12(16)15-13(3,4)5/h6-7,10,14H,8H2,1-5H3,(H,15,16). The fourth-order valence-electron chi connectivity index (χ4n) is 1.40. The van der Waals surface area contributed by atoms with Gasteiger partial charge in [0.2, 0.25) is 5.91 Å². The van der Waals surface area contributed by atoms with Crippen LogP contribution in [0.3, 0.4) is 0 Å². The van der Waals surface area contributed by atoms with E-state index in [1.54, 1.807) is 6.26 Å². The van der Waals surface area contributed by atoms with Gasteiger partial charge in [0.1, 0.15) is 5.76 Å². The van der Waals surface area contributed by atoms with Crippen molar-refractivity contribution in [3.05, 3.63) is 23.7 Å². The molecule has 0 radical (unpaired) electrons. The molecule has 0 saturated heterocycles. The smallest absolute Gasteiger partial charge is 0.237 e. The molecule has 4 heteroatoms. The summed E-state index contributed by atoms with van der Waals surface area (Å²) in [5.74, 6) is 0.877. The SMILES string of the molecule is Cc1ccoc1CNC(C)C(=O)NC(C)(C)C. The van der Waals surface area contributed by atoms with Crippen molar-refractivity contribution in [3.63, 3.8) is 0 Å². The van der Waals surface area contributed by atoms with E-state index < -0.39 is 0 Å². The summed E-state index contributed by atoms with van der Waals surface area (Å²) in [4.78, 5) is 11.8. The third kappa shape index (κ3) is 4.61. The molecule has 0 fully saturated rings. The average molecular weight is 238 g/mol. The summed E-state index contributed by atoms with van der Waals surface area (Å²) in [6, 6.07) is 1.68. The van der Waals surface area contributed by atoms with Gasteiger partial charge in [-0.3, -0.25) is 10.1 Å². The lowest BCUT2D eigenvalue weighted by atomic mass is 10.1. The molecule has 0 aliphatic rings. The third-order valence-electron chi connectivity index (χ3n) is 2.43. The normalized spacial score (nSPS) is 13.5. The molecule has 1 aromatic rings. The predicted molar refractivity (Wildman–Crippen MR) is 67.6 cm³/mol. The minimum Gasteiger partial charge on any atom is -0.468 e. The fraction of sp³-hybridized carbons (Fsp3) is 0.615. The van der Waals surface area contributed by atoms with E-state index in [2.05, 4.69) is 10.6 Å². The molecule has 2 N–H and O–H groups in total. The Labute approximate surface area is 103 Å². The molecule has 1 unspecified atom stereocenters. The van der Waals surface area contributed by atoms with Crippen LogP contribution in [0.2, 0.25) is 0 Å². The van der Waals surface area contributed by atoms with Gasteiger partial charge in [-0.05, 0) is 46.2 Å². The van der Waals surface area contributed by atoms with Crippen molar-refractivity contribution in [1.82, 2.24) is 10.6 Å². The first-order chi connectivity index (χ1) is 7.79. The van der Waals surface area contributed by atoms with Gasteiger partial charge < -0.3 is 9.73 Å². The Hall–Kier alpha value is -1.29. The van der Waals surface area contributed by atoms with Crippen LogP contribution >= 0.6 is 0 Å². The number of furan rings is 1. The van der Waals surface area contributed by atoms with Gasteiger partial charge >= 0.3 is 0 Å². The molecule has 0 bridgehead atoms. The molecule has 0 spiro atoms. The highest BCUT2D eigenvalue weighted by atomic mass is 16.3. The number of hydrogen-bond acceptors (Lipinski definition) is 3. The Kier molecular flexibility index (Phi) is 4.34. The quantitative estimate of drug-likeness (QED) is 0.843. The van der Waals surface area contributed by atoms with Crippen molar-refractivity contribution in [2.24, 2.45) is 0 Å². The summed E-state index contributed by atoms with van der Waals surface area (Å²) >= 11 is 0. The molecule has 0 saturated carbocycles. The van der Waals surface area contributed by atoms with E-state index in [4.69, 9.17) is 4.42 Å². The highest BCUT2D eigenvalue weighted by molar-refractivity contribution is 5.81. The second kappa shape index (κ2) is 5.36. The number of amides is 1. The topological polar surface area (TPSA) is 54.3 Å². The van der Waals surface area contributed by atoms with Crippen LogP contribution in [-0.2, 0) is 11.3 Å². The van der Waals surface area contributed by atoms with E-state index in [0.717, 1.165) is 11.3 Å². The maximum Gasteiger partial charge on any atom is 0.237 e.